The Morgan fingerprint density at radius 1 is 0.312 bits per heavy atom. The molecule has 3 aliphatic rings. The SMILES string of the molecule is c1cc(-c2ccc3c(c2)-c2cccc4cccc(c24)O3)cc(-c2ccc3c(c2)C2(c4ccccc4-c4ccccc42)c2ccccc2-3)c1. The van der Waals surface area contributed by atoms with Crippen molar-refractivity contribution in [3.63, 3.8) is 0 Å². The first kappa shape index (κ1) is 25.9. The fraction of sp³-hybridized carbons (Fsp3) is 0.0213. The van der Waals surface area contributed by atoms with E-state index in [0.717, 1.165) is 17.1 Å². The molecule has 2 aliphatic carbocycles. The van der Waals surface area contributed by atoms with Gasteiger partial charge in [0.05, 0.1) is 5.41 Å². The van der Waals surface area contributed by atoms with E-state index in [1.54, 1.807) is 0 Å². The lowest BCUT2D eigenvalue weighted by Gasteiger charge is -2.30. The van der Waals surface area contributed by atoms with Gasteiger partial charge in [0.25, 0.3) is 0 Å². The zero-order chi connectivity index (χ0) is 31.4. The number of benzene rings is 8. The van der Waals surface area contributed by atoms with Gasteiger partial charge >= 0.3 is 0 Å². The third kappa shape index (κ3) is 3.30. The molecule has 0 unspecified atom stereocenters. The van der Waals surface area contributed by atoms with Gasteiger partial charge in [-0.05, 0) is 108 Å². The molecule has 1 aliphatic heterocycles. The largest absolute Gasteiger partial charge is 0.456 e. The van der Waals surface area contributed by atoms with Crippen molar-refractivity contribution in [2.24, 2.45) is 0 Å². The highest BCUT2D eigenvalue weighted by Crippen LogP contribution is 2.63. The van der Waals surface area contributed by atoms with Crippen molar-refractivity contribution in [1.82, 2.24) is 0 Å². The number of fused-ring (bicyclic) bond motifs is 12. The molecule has 0 aromatic heterocycles. The quantitative estimate of drug-likeness (QED) is 0.190. The summed E-state index contributed by atoms with van der Waals surface area (Å²) in [6.07, 6.45) is 0. The third-order valence-electron chi connectivity index (χ3n) is 10.9. The fourth-order valence-corrected chi connectivity index (χ4v) is 8.90. The van der Waals surface area contributed by atoms with Gasteiger partial charge in [-0.3, -0.25) is 0 Å². The van der Waals surface area contributed by atoms with Crippen molar-refractivity contribution in [2.45, 2.75) is 5.41 Å². The molecular weight excluding hydrogens is 581 g/mol. The number of hydrogen-bond acceptors (Lipinski definition) is 1. The van der Waals surface area contributed by atoms with E-state index in [1.165, 1.54) is 83.1 Å². The molecule has 11 rings (SSSR count). The molecule has 1 spiro atoms. The van der Waals surface area contributed by atoms with Crippen molar-refractivity contribution in [3.05, 3.63) is 192 Å². The monoisotopic (exact) mass is 608 g/mol. The van der Waals surface area contributed by atoms with Crippen LogP contribution in [0.25, 0.3) is 66.4 Å². The summed E-state index contributed by atoms with van der Waals surface area (Å²) < 4.78 is 6.40. The summed E-state index contributed by atoms with van der Waals surface area (Å²) in [4.78, 5) is 0. The van der Waals surface area contributed by atoms with Gasteiger partial charge in [0, 0.05) is 10.9 Å². The van der Waals surface area contributed by atoms with Gasteiger partial charge in [0.2, 0.25) is 0 Å². The van der Waals surface area contributed by atoms with Crippen LogP contribution in [0.1, 0.15) is 22.3 Å². The summed E-state index contributed by atoms with van der Waals surface area (Å²) in [5, 5.41) is 2.38. The van der Waals surface area contributed by atoms with E-state index >= 15 is 0 Å². The average molecular weight is 609 g/mol. The maximum atomic E-state index is 6.40. The highest BCUT2D eigenvalue weighted by molar-refractivity contribution is 6.04. The smallest absolute Gasteiger partial charge is 0.135 e. The first-order chi connectivity index (χ1) is 23.8. The lowest BCUT2D eigenvalue weighted by atomic mass is 9.70. The van der Waals surface area contributed by atoms with Crippen LogP contribution in [0.15, 0.2) is 170 Å². The van der Waals surface area contributed by atoms with Crippen molar-refractivity contribution >= 4 is 10.8 Å². The Labute approximate surface area is 279 Å². The van der Waals surface area contributed by atoms with Crippen molar-refractivity contribution in [2.75, 3.05) is 0 Å². The van der Waals surface area contributed by atoms with E-state index in [1.807, 2.05) is 0 Å². The van der Waals surface area contributed by atoms with Crippen LogP contribution < -0.4 is 4.74 Å². The maximum Gasteiger partial charge on any atom is 0.135 e. The Kier molecular flexibility index (Phi) is 5.10. The maximum absolute atomic E-state index is 6.40. The Bertz CT molecular complexity index is 2590. The molecule has 48 heavy (non-hydrogen) atoms. The zero-order valence-electron chi connectivity index (χ0n) is 26.1. The second-order valence-electron chi connectivity index (χ2n) is 13.2. The van der Waals surface area contributed by atoms with Gasteiger partial charge < -0.3 is 4.74 Å². The summed E-state index contributed by atoms with van der Waals surface area (Å²) in [7, 11) is 0. The van der Waals surface area contributed by atoms with Crippen LogP contribution in [0.5, 0.6) is 11.5 Å². The van der Waals surface area contributed by atoms with Gasteiger partial charge in [-0.2, -0.15) is 0 Å². The van der Waals surface area contributed by atoms with E-state index in [0.29, 0.717) is 0 Å². The Morgan fingerprint density at radius 2 is 0.833 bits per heavy atom. The van der Waals surface area contributed by atoms with E-state index in [9.17, 15) is 0 Å². The fourth-order valence-electron chi connectivity index (χ4n) is 8.90. The second kappa shape index (κ2) is 9.44. The van der Waals surface area contributed by atoms with Gasteiger partial charge in [0.1, 0.15) is 11.5 Å². The molecule has 222 valence electrons. The summed E-state index contributed by atoms with van der Waals surface area (Å²) in [5.74, 6) is 1.83. The molecule has 1 heterocycles. The van der Waals surface area contributed by atoms with Crippen LogP contribution in [-0.4, -0.2) is 0 Å². The number of rotatable bonds is 2. The standard InChI is InChI=1S/C47H28O/c1-4-18-40-34(14-1)35-15-2-5-19-41(35)47(40)42-20-6-3-16-36(42)37-24-22-33(28-43(37)47)31-13-7-12-30(26-31)32-23-25-44-39(27-32)38-17-8-10-29-11-9-21-45(48-44)46(29)38/h1-28H. The predicted molar refractivity (Wildman–Crippen MR) is 197 cm³/mol. The van der Waals surface area contributed by atoms with Crippen molar-refractivity contribution < 1.29 is 4.74 Å². The summed E-state index contributed by atoms with van der Waals surface area (Å²) >= 11 is 0. The average Bonchev–Trinajstić information content (AvgIpc) is 3.62. The Balaban J connectivity index is 1.08. The molecule has 0 N–H and O–H groups in total. The molecule has 0 amide bonds. The highest BCUT2D eigenvalue weighted by atomic mass is 16.5. The second-order valence-corrected chi connectivity index (χ2v) is 13.2. The molecule has 1 heteroatoms. The molecule has 0 atom stereocenters. The summed E-state index contributed by atoms with van der Waals surface area (Å²) in [6.45, 7) is 0. The van der Waals surface area contributed by atoms with Gasteiger partial charge in [-0.1, -0.05) is 140 Å². The van der Waals surface area contributed by atoms with Crippen LogP contribution in [0.4, 0.5) is 0 Å². The summed E-state index contributed by atoms with van der Waals surface area (Å²) in [6, 6.07) is 62.5. The molecule has 0 saturated heterocycles. The molecule has 8 aromatic rings. The lowest BCUT2D eigenvalue weighted by molar-refractivity contribution is 0.487. The van der Waals surface area contributed by atoms with E-state index in [4.69, 9.17) is 4.74 Å². The minimum atomic E-state index is -0.345. The van der Waals surface area contributed by atoms with Crippen LogP contribution in [0.3, 0.4) is 0 Å². The van der Waals surface area contributed by atoms with Gasteiger partial charge in [-0.15, -0.1) is 0 Å². The summed E-state index contributed by atoms with van der Waals surface area (Å²) in [5.41, 5.74) is 17.6. The van der Waals surface area contributed by atoms with Crippen LogP contribution in [0, 0.1) is 0 Å². The highest BCUT2D eigenvalue weighted by Gasteiger charge is 2.51. The van der Waals surface area contributed by atoms with Gasteiger partial charge in [-0.25, -0.2) is 0 Å². The zero-order valence-corrected chi connectivity index (χ0v) is 26.1. The van der Waals surface area contributed by atoms with Gasteiger partial charge in [0.15, 0.2) is 0 Å². The first-order valence-corrected chi connectivity index (χ1v) is 16.7. The first-order valence-electron chi connectivity index (χ1n) is 16.7. The van der Waals surface area contributed by atoms with E-state index in [2.05, 4.69) is 170 Å². The van der Waals surface area contributed by atoms with Crippen molar-refractivity contribution in [1.29, 1.82) is 0 Å². The number of ether oxygens (including phenoxy) is 1. The third-order valence-corrected chi connectivity index (χ3v) is 10.9. The minimum absolute atomic E-state index is 0.345. The van der Waals surface area contributed by atoms with E-state index in [-0.39, 0.29) is 5.41 Å². The van der Waals surface area contributed by atoms with Crippen LogP contribution >= 0.6 is 0 Å². The van der Waals surface area contributed by atoms with Crippen LogP contribution in [-0.2, 0) is 5.41 Å². The molecular formula is C47H28O. The molecule has 0 saturated carbocycles. The number of hydrogen-bond donors (Lipinski definition) is 0. The van der Waals surface area contributed by atoms with Crippen molar-refractivity contribution in [3.8, 4) is 67.1 Å². The Hall–Kier alpha value is -6.18. The minimum Gasteiger partial charge on any atom is -0.456 e. The molecule has 0 bridgehead atoms. The molecule has 8 aromatic carbocycles. The predicted octanol–water partition coefficient (Wildman–Crippen LogP) is 12.3. The Morgan fingerprint density at radius 3 is 1.52 bits per heavy atom. The van der Waals surface area contributed by atoms with Crippen LogP contribution in [0.2, 0.25) is 0 Å². The molecule has 0 radical (unpaired) electrons. The molecule has 0 fully saturated rings. The van der Waals surface area contributed by atoms with E-state index < -0.39 is 0 Å². The topological polar surface area (TPSA) is 9.23 Å². The normalized spacial score (nSPS) is 13.8. The lowest BCUT2D eigenvalue weighted by Crippen LogP contribution is -2.25. The molecule has 1 nitrogen and oxygen atoms in total.